The third kappa shape index (κ3) is 8.18. The molecule has 124 valence electrons. The summed E-state index contributed by atoms with van der Waals surface area (Å²) in [5, 5.41) is 3.04. The highest BCUT2D eigenvalue weighted by molar-refractivity contribution is 14.0. The average Bonchev–Trinajstić information content (AvgIpc) is 2.46. The maximum atomic E-state index is 11.2. The molecule has 0 radical (unpaired) electrons. The van der Waals surface area contributed by atoms with Gasteiger partial charge in [0.15, 0.2) is 5.96 Å². The molecule has 0 aromatic heterocycles. The minimum absolute atomic E-state index is 0. The zero-order valence-corrected chi connectivity index (χ0v) is 15.3. The van der Waals surface area contributed by atoms with Crippen LogP contribution in [0.2, 0.25) is 0 Å². The van der Waals surface area contributed by atoms with Crippen LogP contribution in [0.1, 0.15) is 25.3 Å². The van der Waals surface area contributed by atoms with E-state index in [1.807, 2.05) is 24.3 Å². The number of aliphatic imine (C=N–C) groups is 1. The Morgan fingerprint density at radius 3 is 2.77 bits per heavy atom. The average molecular weight is 421 g/mol. The number of anilines is 1. The zero-order chi connectivity index (χ0) is 15.5. The van der Waals surface area contributed by atoms with Crippen molar-refractivity contribution < 1.29 is 14.3 Å². The summed E-state index contributed by atoms with van der Waals surface area (Å²) in [7, 11) is 1.64. The number of esters is 1. The van der Waals surface area contributed by atoms with Crippen LogP contribution >= 0.6 is 24.0 Å². The first-order valence-corrected chi connectivity index (χ1v) is 6.96. The Morgan fingerprint density at radius 2 is 2.09 bits per heavy atom. The molecule has 1 rings (SSSR count). The van der Waals surface area contributed by atoms with Gasteiger partial charge < -0.3 is 20.5 Å². The van der Waals surface area contributed by atoms with E-state index in [2.05, 4.69) is 10.3 Å². The van der Waals surface area contributed by atoms with Crippen molar-refractivity contribution in [2.75, 3.05) is 25.6 Å². The molecule has 1 aromatic carbocycles. The number of methoxy groups -OCH3 is 1. The van der Waals surface area contributed by atoms with E-state index in [-0.39, 0.29) is 29.9 Å². The number of carbonyl (C=O) groups excluding carboxylic acids is 1. The molecular formula is C15H24IN3O3. The highest BCUT2D eigenvalue weighted by atomic mass is 127. The molecule has 0 fully saturated rings. The van der Waals surface area contributed by atoms with Crippen molar-refractivity contribution in [1.29, 1.82) is 0 Å². The van der Waals surface area contributed by atoms with Crippen LogP contribution in [0, 0.1) is 0 Å². The fraction of sp³-hybridized carbons (Fsp3) is 0.467. The first-order chi connectivity index (χ1) is 10.2. The fourth-order valence-corrected chi connectivity index (χ4v) is 1.76. The van der Waals surface area contributed by atoms with E-state index in [0.717, 1.165) is 11.3 Å². The van der Waals surface area contributed by atoms with Gasteiger partial charge in [0.05, 0.1) is 13.2 Å². The highest BCUT2D eigenvalue weighted by Gasteiger charge is 2.03. The molecule has 0 heterocycles. The van der Waals surface area contributed by atoms with Gasteiger partial charge in [0, 0.05) is 31.3 Å². The lowest BCUT2D eigenvalue weighted by Crippen LogP contribution is -2.23. The van der Waals surface area contributed by atoms with Crippen molar-refractivity contribution >= 4 is 41.6 Å². The predicted octanol–water partition coefficient (Wildman–Crippen LogP) is 2.52. The van der Waals surface area contributed by atoms with Crippen LogP contribution in [-0.4, -0.2) is 32.2 Å². The van der Waals surface area contributed by atoms with Crippen LogP contribution in [-0.2, 0) is 20.9 Å². The molecule has 6 nitrogen and oxygen atoms in total. The molecule has 7 heteroatoms. The second kappa shape index (κ2) is 12.2. The number of rotatable bonds is 8. The van der Waals surface area contributed by atoms with Crippen molar-refractivity contribution in [3.05, 3.63) is 29.8 Å². The van der Waals surface area contributed by atoms with Gasteiger partial charge in [0.2, 0.25) is 0 Å². The number of guanidine groups is 1. The minimum atomic E-state index is -0.204. The minimum Gasteiger partial charge on any atom is -0.466 e. The second-order valence-electron chi connectivity index (χ2n) is 4.39. The number of nitrogens with one attached hydrogen (secondary N) is 1. The maximum Gasteiger partial charge on any atom is 0.305 e. The van der Waals surface area contributed by atoms with Crippen LogP contribution in [0.15, 0.2) is 29.3 Å². The molecule has 0 spiro atoms. The molecular weight excluding hydrogens is 397 g/mol. The number of para-hydroxylation sites is 1. The molecule has 0 atom stereocenters. The van der Waals surface area contributed by atoms with E-state index in [0.29, 0.717) is 38.6 Å². The van der Waals surface area contributed by atoms with Crippen molar-refractivity contribution in [3.63, 3.8) is 0 Å². The highest BCUT2D eigenvalue weighted by Crippen LogP contribution is 2.15. The first kappa shape index (κ1) is 20.6. The quantitative estimate of drug-likeness (QED) is 0.222. The maximum absolute atomic E-state index is 11.2. The Bertz CT molecular complexity index is 481. The van der Waals surface area contributed by atoms with Gasteiger partial charge in [-0.3, -0.25) is 9.79 Å². The smallest absolute Gasteiger partial charge is 0.305 e. The van der Waals surface area contributed by atoms with E-state index in [1.54, 1.807) is 14.0 Å². The molecule has 0 bridgehead atoms. The number of benzene rings is 1. The van der Waals surface area contributed by atoms with Crippen molar-refractivity contribution in [1.82, 2.24) is 0 Å². The normalized spacial score (nSPS) is 10.7. The van der Waals surface area contributed by atoms with E-state index in [9.17, 15) is 4.79 Å². The number of halogens is 1. The molecule has 0 aliphatic carbocycles. The first-order valence-electron chi connectivity index (χ1n) is 6.96. The lowest BCUT2D eigenvalue weighted by Gasteiger charge is -2.10. The molecule has 0 aliphatic heterocycles. The van der Waals surface area contributed by atoms with Crippen molar-refractivity contribution in [2.45, 2.75) is 26.4 Å². The Kier molecular flexibility index (Phi) is 11.5. The number of nitrogens with zero attached hydrogens (tertiary/aromatic N) is 1. The summed E-state index contributed by atoms with van der Waals surface area (Å²) < 4.78 is 9.96. The largest absolute Gasteiger partial charge is 0.466 e. The number of carbonyl (C=O) groups is 1. The Labute approximate surface area is 148 Å². The number of ether oxygens (including phenoxy) is 2. The summed E-state index contributed by atoms with van der Waals surface area (Å²) >= 11 is 0. The Balaban J connectivity index is 0.00000441. The molecule has 0 unspecified atom stereocenters. The summed E-state index contributed by atoms with van der Waals surface area (Å²) in [4.78, 5) is 15.4. The summed E-state index contributed by atoms with van der Waals surface area (Å²) in [5.74, 6) is 0.118. The summed E-state index contributed by atoms with van der Waals surface area (Å²) in [6, 6.07) is 7.72. The summed E-state index contributed by atoms with van der Waals surface area (Å²) in [6.07, 6.45) is 0.964. The van der Waals surface area contributed by atoms with Crippen LogP contribution < -0.4 is 11.1 Å². The van der Waals surface area contributed by atoms with Gasteiger partial charge in [0.25, 0.3) is 0 Å². The van der Waals surface area contributed by atoms with E-state index in [1.165, 1.54) is 0 Å². The van der Waals surface area contributed by atoms with Crippen LogP contribution in [0.25, 0.3) is 0 Å². The molecule has 0 saturated carbocycles. The molecule has 0 amide bonds. The monoisotopic (exact) mass is 421 g/mol. The van der Waals surface area contributed by atoms with Gasteiger partial charge in [-0.2, -0.15) is 0 Å². The van der Waals surface area contributed by atoms with Gasteiger partial charge in [-0.1, -0.05) is 18.2 Å². The molecule has 1 aromatic rings. The molecule has 0 saturated heterocycles. The molecule has 0 aliphatic rings. The Morgan fingerprint density at radius 1 is 1.36 bits per heavy atom. The third-order valence-corrected chi connectivity index (χ3v) is 2.71. The molecule has 22 heavy (non-hydrogen) atoms. The van der Waals surface area contributed by atoms with Crippen LogP contribution in [0.3, 0.4) is 0 Å². The van der Waals surface area contributed by atoms with Gasteiger partial charge in [-0.25, -0.2) is 0 Å². The Hall–Kier alpha value is -1.35. The van der Waals surface area contributed by atoms with Crippen molar-refractivity contribution in [2.24, 2.45) is 10.7 Å². The summed E-state index contributed by atoms with van der Waals surface area (Å²) in [5.41, 5.74) is 7.70. The molecule has 3 N–H and O–H groups in total. The van der Waals surface area contributed by atoms with Gasteiger partial charge >= 0.3 is 5.97 Å². The fourth-order valence-electron chi connectivity index (χ4n) is 1.76. The predicted molar refractivity (Wildman–Crippen MR) is 98.5 cm³/mol. The number of hydrogen-bond donors (Lipinski definition) is 2. The third-order valence-electron chi connectivity index (χ3n) is 2.71. The lowest BCUT2D eigenvalue weighted by molar-refractivity contribution is -0.143. The van der Waals surface area contributed by atoms with E-state index < -0.39 is 0 Å². The topological polar surface area (TPSA) is 85.9 Å². The van der Waals surface area contributed by atoms with Crippen LogP contribution in [0.4, 0.5) is 5.69 Å². The number of nitrogens with two attached hydrogens (primary N) is 1. The standard InChI is InChI=1S/C15H23N3O3.HI/c1-3-21-14(19)9-6-10-17-15(16)18-13-8-5-4-7-12(13)11-20-2;/h4-5,7-8H,3,6,9-11H2,1-2H3,(H3,16,17,18);1H. The number of hydrogen-bond acceptors (Lipinski definition) is 4. The lowest BCUT2D eigenvalue weighted by atomic mass is 10.2. The zero-order valence-electron chi connectivity index (χ0n) is 13.0. The van der Waals surface area contributed by atoms with Gasteiger partial charge in [-0.15, -0.1) is 24.0 Å². The second-order valence-corrected chi connectivity index (χ2v) is 4.39. The van der Waals surface area contributed by atoms with Gasteiger partial charge in [-0.05, 0) is 19.4 Å². The van der Waals surface area contributed by atoms with Crippen molar-refractivity contribution in [3.8, 4) is 0 Å². The van der Waals surface area contributed by atoms with Crippen LogP contribution in [0.5, 0.6) is 0 Å². The SMILES string of the molecule is CCOC(=O)CCCN=C(N)Nc1ccccc1COC.I. The van der Waals surface area contributed by atoms with E-state index in [4.69, 9.17) is 15.2 Å². The van der Waals surface area contributed by atoms with E-state index >= 15 is 0 Å². The summed E-state index contributed by atoms with van der Waals surface area (Å²) in [6.45, 7) is 3.17. The van der Waals surface area contributed by atoms with Gasteiger partial charge in [0.1, 0.15) is 0 Å².